The summed E-state index contributed by atoms with van der Waals surface area (Å²) in [5.41, 5.74) is 2.28. The molecule has 2 aromatic carbocycles. The highest BCUT2D eigenvalue weighted by molar-refractivity contribution is 5.95. The fourth-order valence-electron chi connectivity index (χ4n) is 4.67. The van der Waals surface area contributed by atoms with Gasteiger partial charge in [-0.1, -0.05) is 12.1 Å². The first-order chi connectivity index (χ1) is 17.4. The molecule has 1 unspecified atom stereocenters. The summed E-state index contributed by atoms with van der Waals surface area (Å²) in [5, 5.41) is 2.75. The van der Waals surface area contributed by atoms with Crippen molar-refractivity contribution >= 4 is 17.5 Å². The molecule has 1 N–H and O–H groups in total. The van der Waals surface area contributed by atoms with E-state index in [0.717, 1.165) is 5.56 Å². The van der Waals surface area contributed by atoms with E-state index >= 15 is 0 Å². The Balaban J connectivity index is 1.18. The molecule has 0 spiro atoms. The summed E-state index contributed by atoms with van der Waals surface area (Å²) in [6.07, 6.45) is 2.38. The number of piperidine rings is 1. The van der Waals surface area contributed by atoms with Gasteiger partial charge in [-0.2, -0.15) is 0 Å². The van der Waals surface area contributed by atoms with Crippen LogP contribution in [-0.4, -0.2) is 46.5 Å². The van der Waals surface area contributed by atoms with E-state index in [9.17, 15) is 18.4 Å². The van der Waals surface area contributed by atoms with Crippen molar-refractivity contribution in [2.45, 2.75) is 32.1 Å². The minimum Gasteiger partial charge on any atom is -0.494 e. The third-order valence-corrected chi connectivity index (χ3v) is 6.75. The van der Waals surface area contributed by atoms with Crippen LogP contribution in [-0.2, 0) is 22.7 Å². The molecular formula is C26H26F2N4O4. The number of fused-ring (bicyclic) bond motifs is 1. The van der Waals surface area contributed by atoms with Crippen molar-refractivity contribution in [3.8, 4) is 5.75 Å². The van der Waals surface area contributed by atoms with Crippen LogP contribution in [0.15, 0.2) is 48.8 Å². The molecule has 0 bridgehead atoms. The van der Waals surface area contributed by atoms with Gasteiger partial charge >= 0.3 is 0 Å². The molecule has 1 aromatic heterocycles. The first kappa shape index (κ1) is 23.9. The maximum Gasteiger partial charge on any atom is 0.274 e. The van der Waals surface area contributed by atoms with Crippen molar-refractivity contribution in [1.29, 1.82) is 0 Å². The third kappa shape index (κ3) is 4.81. The number of nitrogens with one attached hydrogen (secondary N) is 1. The molecule has 5 rings (SSSR count). The quantitative estimate of drug-likeness (QED) is 0.579. The molecule has 3 heterocycles. The van der Waals surface area contributed by atoms with Crippen LogP contribution in [0.4, 0.5) is 14.5 Å². The molecule has 2 amide bonds. The van der Waals surface area contributed by atoms with Gasteiger partial charge in [-0.3, -0.25) is 9.59 Å². The number of ether oxygens (including phenoxy) is 2. The zero-order valence-corrected chi connectivity index (χ0v) is 19.7. The molecule has 1 atom stereocenters. The smallest absolute Gasteiger partial charge is 0.274 e. The molecule has 0 saturated carbocycles. The Labute approximate surface area is 206 Å². The zero-order valence-electron chi connectivity index (χ0n) is 19.7. The van der Waals surface area contributed by atoms with E-state index < -0.39 is 5.82 Å². The van der Waals surface area contributed by atoms with Crippen LogP contribution < -0.4 is 10.1 Å². The van der Waals surface area contributed by atoms with Gasteiger partial charge in [0.2, 0.25) is 5.91 Å². The van der Waals surface area contributed by atoms with E-state index in [-0.39, 0.29) is 42.0 Å². The molecule has 1 fully saturated rings. The van der Waals surface area contributed by atoms with Gasteiger partial charge in [0.25, 0.3) is 5.91 Å². The van der Waals surface area contributed by atoms with Crippen LogP contribution in [0.5, 0.6) is 5.75 Å². The summed E-state index contributed by atoms with van der Waals surface area (Å²) in [4.78, 5) is 31.9. The first-order valence-electron chi connectivity index (χ1n) is 11.8. The molecule has 3 aromatic rings. The van der Waals surface area contributed by atoms with Crippen molar-refractivity contribution in [1.82, 2.24) is 14.5 Å². The van der Waals surface area contributed by atoms with Crippen molar-refractivity contribution in [3.05, 3.63) is 77.4 Å². The first-order valence-corrected chi connectivity index (χ1v) is 11.8. The normalized spacial score (nSPS) is 18.0. The standard InChI is InChI=1S/C26H26F2N4O4/c1-35-22-7-6-19(12-20(22)28)30-25(33)17-8-10-31(11-9-17)26(34)24-21-14-36-23(13-32(21)15-29-24)16-2-4-18(27)5-3-16/h2-7,12,15,17,23H,8-11,13-14H2,1H3,(H,30,33). The molecule has 2 aliphatic heterocycles. The van der Waals surface area contributed by atoms with Crippen LogP contribution in [0.3, 0.4) is 0 Å². The third-order valence-electron chi connectivity index (χ3n) is 6.75. The number of aromatic nitrogens is 2. The summed E-state index contributed by atoms with van der Waals surface area (Å²) in [7, 11) is 1.38. The lowest BCUT2D eigenvalue weighted by Crippen LogP contribution is -2.42. The average Bonchev–Trinajstić information content (AvgIpc) is 3.32. The van der Waals surface area contributed by atoms with Crippen molar-refractivity contribution in [3.63, 3.8) is 0 Å². The molecule has 188 valence electrons. The number of methoxy groups -OCH3 is 1. The second kappa shape index (κ2) is 10.1. The van der Waals surface area contributed by atoms with Gasteiger partial charge in [0.05, 0.1) is 32.3 Å². The van der Waals surface area contributed by atoms with Crippen LogP contribution >= 0.6 is 0 Å². The number of carbonyl (C=O) groups excluding carboxylic acids is 2. The Hall–Kier alpha value is -3.79. The topological polar surface area (TPSA) is 85.7 Å². The molecule has 36 heavy (non-hydrogen) atoms. The van der Waals surface area contributed by atoms with Crippen LogP contribution in [0.25, 0.3) is 0 Å². The average molecular weight is 497 g/mol. The SMILES string of the molecule is COc1ccc(NC(=O)C2CCN(C(=O)c3ncn4c3COC(c3ccc(F)cc3)C4)CC2)cc1F. The summed E-state index contributed by atoms with van der Waals surface area (Å²) in [5.74, 6) is -1.42. The molecule has 8 nitrogen and oxygen atoms in total. The fraction of sp³-hybridized carbons (Fsp3) is 0.346. The molecule has 0 radical (unpaired) electrons. The zero-order chi connectivity index (χ0) is 25.2. The summed E-state index contributed by atoms with van der Waals surface area (Å²) in [6, 6.07) is 10.5. The Morgan fingerprint density at radius 2 is 1.86 bits per heavy atom. The molecule has 0 aliphatic carbocycles. The Kier molecular flexibility index (Phi) is 6.69. The summed E-state index contributed by atoms with van der Waals surface area (Å²) < 4.78 is 39.9. The molecular weight excluding hydrogens is 470 g/mol. The monoisotopic (exact) mass is 496 g/mol. The predicted octanol–water partition coefficient (Wildman–Crippen LogP) is 3.93. The number of carbonyl (C=O) groups is 2. The lowest BCUT2D eigenvalue weighted by molar-refractivity contribution is -0.121. The molecule has 10 heteroatoms. The van der Waals surface area contributed by atoms with Crippen molar-refractivity contribution in [2.24, 2.45) is 5.92 Å². The number of rotatable bonds is 5. The van der Waals surface area contributed by atoms with Crippen molar-refractivity contribution in [2.75, 3.05) is 25.5 Å². The lowest BCUT2D eigenvalue weighted by Gasteiger charge is -2.31. The predicted molar refractivity (Wildman–Crippen MR) is 126 cm³/mol. The summed E-state index contributed by atoms with van der Waals surface area (Å²) in [6.45, 7) is 1.54. The number of halogens is 2. The van der Waals surface area contributed by atoms with Gasteiger partial charge < -0.3 is 24.3 Å². The van der Waals surface area contributed by atoms with Crippen molar-refractivity contribution < 1.29 is 27.8 Å². The maximum atomic E-state index is 13.9. The fourth-order valence-corrected chi connectivity index (χ4v) is 4.67. The highest BCUT2D eigenvalue weighted by atomic mass is 19.1. The maximum absolute atomic E-state index is 13.9. The Morgan fingerprint density at radius 1 is 1.11 bits per heavy atom. The second-order valence-electron chi connectivity index (χ2n) is 8.95. The van der Waals surface area contributed by atoms with E-state index in [1.807, 2.05) is 4.57 Å². The van der Waals surface area contributed by atoms with Gasteiger partial charge in [0.1, 0.15) is 11.9 Å². The van der Waals surface area contributed by atoms with Gasteiger partial charge in [-0.15, -0.1) is 0 Å². The van der Waals surface area contributed by atoms with E-state index in [1.165, 1.54) is 31.4 Å². The van der Waals surface area contributed by atoms with Crippen LogP contribution in [0, 0.1) is 17.6 Å². The minimum atomic E-state index is -0.549. The number of benzene rings is 2. The molecule has 2 aliphatic rings. The highest BCUT2D eigenvalue weighted by Crippen LogP contribution is 2.29. The number of anilines is 1. The number of hydrogen-bond acceptors (Lipinski definition) is 5. The largest absolute Gasteiger partial charge is 0.494 e. The molecule has 1 saturated heterocycles. The number of likely N-dealkylation sites (tertiary alicyclic amines) is 1. The minimum absolute atomic E-state index is 0.109. The number of amides is 2. The van der Waals surface area contributed by atoms with Gasteiger partial charge in [-0.25, -0.2) is 13.8 Å². The number of nitrogens with zero attached hydrogens (tertiary/aromatic N) is 3. The van der Waals surface area contributed by atoms with Gasteiger partial charge in [0.15, 0.2) is 17.3 Å². The van der Waals surface area contributed by atoms with E-state index in [0.29, 0.717) is 49.6 Å². The lowest BCUT2D eigenvalue weighted by atomic mass is 9.95. The van der Waals surface area contributed by atoms with Crippen LogP contribution in [0.2, 0.25) is 0 Å². The Morgan fingerprint density at radius 3 is 2.56 bits per heavy atom. The van der Waals surface area contributed by atoms with E-state index in [2.05, 4.69) is 10.3 Å². The van der Waals surface area contributed by atoms with Gasteiger partial charge in [0, 0.05) is 30.8 Å². The second-order valence-corrected chi connectivity index (χ2v) is 8.95. The van der Waals surface area contributed by atoms with E-state index in [4.69, 9.17) is 9.47 Å². The van der Waals surface area contributed by atoms with E-state index in [1.54, 1.807) is 29.4 Å². The number of imidazole rings is 1. The van der Waals surface area contributed by atoms with Crippen LogP contribution in [0.1, 0.15) is 40.7 Å². The number of hydrogen-bond donors (Lipinski definition) is 1. The van der Waals surface area contributed by atoms with Gasteiger partial charge in [-0.05, 0) is 42.7 Å². The Bertz CT molecular complexity index is 1270. The summed E-state index contributed by atoms with van der Waals surface area (Å²) >= 11 is 0. The highest BCUT2D eigenvalue weighted by Gasteiger charge is 2.32.